The van der Waals surface area contributed by atoms with Gasteiger partial charge < -0.3 is 10.4 Å². The molecule has 0 aliphatic carbocycles. The number of urea groups is 1. The number of nitrogens with zero attached hydrogens (tertiary/aromatic N) is 2. The zero-order valence-electron chi connectivity index (χ0n) is 17.1. The summed E-state index contributed by atoms with van der Waals surface area (Å²) in [7, 11) is -3.99. The lowest BCUT2D eigenvalue weighted by atomic mass is 10.1. The highest BCUT2D eigenvalue weighted by atomic mass is 32.2. The van der Waals surface area contributed by atoms with Gasteiger partial charge in [-0.15, -0.1) is 0 Å². The number of imide groups is 1. The van der Waals surface area contributed by atoms with Gasteiger partial charge in [0.1, 0.15) is 5.54 Å². The van der Waals surface area contributed by atoms with E-state index >= 15 is 0 Å². The van der Waals surface area contributed by atoms with E-state index in [1.807, 2.05) is 0 Å². The molecule has 0 aromatic heterocycles. The quantitative estimate of drug-likeness (QED) is 0.651. The van der Waals surface area contributed by atoms with E-state index in [1.54, 1.807) is 69.3 Å². The number of hydrogen-bond acceptors (Lipinski definition) is 5. The molecule has 0 spiro atoms. The molecule has 2 aromatic carbocycles. The number of amides is 3. The molecule has 3 amide bonds. The van der Waals surface area contributed by atoms with Crippen LogP contribution in [0.25, 0.3) is 0 Å². The molecule has 0 saturated carbocycles. The maximum absolute atomic E-state index is 13.4. The van der Waals surface area contributed by atoms with Crippen molar-refractivity contribution in [3.8, 4) is 0 Å². The summed E-state index contributed by atoms with van der Waals surface area (Å²) in [6, 6.07) is 14.4. The minimum atomic E-state index is -3.99. The van der Waals surface area contributed by atoms with E-state index in [0.717, 1.165) is 9.21 Å². The molecule has 1 aliphatic heterocycles. The highest BCUT2D eigenvalue weighted by Crippen LogP contribution is 2.26. The highest BCUT2D eigenvalue weighted by molar-refractivity contribution is 7.92. The fourth-order valence-electron chi connectivity index (χ4n) is 3.34. The van der Waals surface area contributed by atoms with Crippen molar-refractivity contribution >= 4 is 27.6 Å². The van der Waals surface area contributed by atoms with E-state index in [0.29, 0.717) is 11.3 Å². The number of sulfonamides is 1. The Hall–Kier alpha value is -2.91. The molecule has 3 rings (SSSR count). The summed E-state index contributed by atoms with van der Waals surface area (Å²) in [5, 5.41) is 13.2. The Bertz CT molecular complexity index is 1050. The maximum atomic E-state index is 13.4. The van der Waals surface area contributed by atoms with Crippen LogP contribution in [0.1, 0.15) is 19.4 Å². The van der Waals surface area contributed by atoms with Gasteiger partial charge in [0.2, 0.25) is 0 Å². The van der Waals surface area contributed by atoms with E-state index in [1.165, 1.54) is 6.07 Å². The number of para-hydroxylation sites is 1. The number of aliphatic hydroxyl groups excluding tert-OH is 1. The van der Waals surface area contributed by atoms with E-state index in [4.69, 9.17) is 0 Å². The second kappa shape index (κ2) is 8.08. The maximum Gasteiger partial charge on any atom is 0.325 e. The molecule has 1 heterocycles. The van der Waals surface area contributed by atoms with E-state index < -0.39 is 33.6 Å². The van der Waals surface area contributed by atoms with Crippen molar-refractivity contribution in [3.63, 3.8) is 0 Å². The predicted molar refractivity (Wildman–Crippen MR) is 112 cm³/mol. The lowest BCUT2D eigenvalue weighted by Crippen LogP contribution is -2.45. The number of aryl methyl sites for hydroxylation is 1. The zero-order chi connectivity index (χ0) is 22.1. The van der Waals surface area contributed by atoms with Crippen molar-refractivity contribution in [1.82, 2.24) is 10.2 Å². The number of anilines is 1. The Kier molecular flexibility index (Phi) is 5.87. The van der Waals surface area contributed by atoms with Crippen LogP contribution in [0.5, 0.6) is 0 Å². The third-order valence-corrected chi connectivity index (χ3v) is 6.87. The largest absolute Gasteiger partial charge is 0.389 e. The fraction of sp³-hybridized carbons (Fsp3) is 0.333. The smallest absolute Gasteiger partial charge is 0.325 e. The van der Waals surface area contributed by atoms with Crippen LogP contribution in [0.15, 0.2) is 59.5 Å². The number of aliphatic hydroxyl groups is 1. The molecule has 1 aliphatic rings. The summed E-state index contributed by atoms with van der Waals surface area (Å²) >= 11 is 0. The number of hydrogen-bond donors (Lipinski definition) is 2. The first-order valence-corrected chi connectivity index (χ1v) is 10.9. The third kappa shape index (κ3) is 4.17. The predicted octanol–water partition coefficient (Wildman–Crippen LogP) is 1.88. The van der Waals surface area contributed by atoms with Gasteiger partial charge in [0.15, 0.2) is 0 Å². The van der Waals surface area contributed by atoms with Crippen molar-refractivity contribution in [2.45, 2.75) is 37.3 Å². The van der Waals surface area contributed by atoms with Crippen LogP contribution in [0.3, 0.4) is 0 Å². The molecule has 1 unspecified atom stereocenters. The van der Waals surface area contributed by atoms with Gasteiger partial charge in [-0.05, 0) is 44.5 Å². The van der Waals surface area contributed by atoms with Crippen LogP contribution >= 0.6 is 0 Å². The van der Waals surface area contributed by atoms with Gasteiger partial charge in [-0.2, -0.15) is 0 Å². The van der Waals surface area contributed by atoms with Gasteiger partial charge in [-0.1, -0.05) is 36.4 Å². The van der Waals surface area contributed by atoms with Crippen LogP contribution in [0.4, 0.5) is 10.5 Å². The van der Waals surface area contributed by atoms with Crippen molar-refractivity contribution in [2.24, 2.45) is 0 Å². The van der Waals surface area contributed by atoms with Crippen LogP contribution < -0.4 is 9.62 Å². The molecular weight excluding hydrogens is 406 g/mol. The molecule has 1 atom stereocenters. The standard InChI is InChI=1S/C21H25N3O5S/c1-15-9-7-8-12-18(15)30(28,29)24(16-10-5-4-6-11-16)14-17(25)13-23-19(26)21(2,3)22-20(23)27/h4-12,17,25H,13-14H2,1-3H3,(H,22,27). The SMILES string of the molecule is Cc1ccccc1S(=O)(=O)N(CC(O)CN1C(=O)NC(C)(C)C1=O)c1ccccc1. The Balaban J connectivity index is 1.90. The van der Waals surface area contributed by atoms with Gasteiger partial charge in [-0.3, -0.25) is 14.0 Å². The minimum absolute atomic E-state index is 0.122. The summed E-state index contributed by atoms with van der Waals surface area (Å²) in [4.78, 5) is 25.5. The second-order valence-electron chi connectivity index (χ2n) is 7.76. The Morgan fingerprint density at radius 1 is 1.07 bits per heavy atom. The van der Waals surface area contributed by atoms with Crippen molar-refractivity contribution in [1.29, 1.82) is 0 Å². The molecule has 1 saturated heterocycles. The normalized spacial score (nSPS) is 17.0. The number of β-amino-alcohol motifs (C(OH)–C–C–N with tert-alkyl or cyclic N) is 1. The van der Waals surface area contributed by atoms with E-state index in [9.17, 15) is 23.1 Å². The summed E-state index contributed by atoms with van der Waals surface area (Å²) in [5.74, 6) is -0.473. The molecule has 30 heavy (non-hydrogen) atoms. The average molecular weight is 432 g/mol. The Labute approximate surface area is 176 Å². The summed E-state index contributed by atoms with van der Waals surface area (Å²) in [6.07, 6.45) is -1.28. The van der Waals surface area contributed by atoms with Gasteiger partial charge >= 0.3 is 6.03 Å². The molecule has 9 heteroatoms. The first-order chi connectivity index (χ1) is 14.0. The van der Waals surface area contributed by atoms with Crippen LogP contribution in [0.2, 0.25) is 0 Å². The monoisotopic (exact) mass is 431 g/mol. The number of nitrogens with one attached hydrogen (secondary N) is 1. The molecule has 160 valence electrons. The van der Waals surface area contributed by atoms with Crippen molar-refractivity contribution < 1.29 is 23.1 Å². The van der Waals surface area contributed by atoms with Gasteiger partial charge in [0.05, 0.1) is 29.8 Å². The molecule has 0 radical (unpaired) electrons. The van der Waals surface area contributed by atoms with Crippen LogP contribution in [-0.4, -0.2) is 55.1 Å². The number of carbonyl (C=O) groups is 2. The lowest BCUT2D eigenvalue weighted by molar-refractivity contribution is -0.131. The van der Waals surface area contributed by atoms with Crippen molar-refractivity contribution in [2.75, 3.05) is 17.4 Å². The van der Waals surface area contributed by atoms with E-state index in [-0.39, 0.29) is 18.0 Å². The Morgan fingerprint density at radius 3 is 2.23 bits per heavy atom. The van der Waals surface area contributed by atoms with Crippen molar-refractivity contribution in [3.05, 3.63) is 60.2 Å². The molecule has 2 aromatic rings. The summed E-state index contributed by atoms with van der Waals surface area (Å²) in [6.45, 7) is 4.19. The first-order valence-electron chi connectivity index (χ1n) is 9.49. The van der Waals surface area contributed by atoms with Gasteiger partial charge in [0, 0.05) is 0 Å². The van der Waals surface area contributed by atoms with E-state index in [2.05, 4.69) is 5.32 Å². The number of benzene rings is 2. The van der Waals surface area contributed by atoms with Crippen LogP contribution in [0, 0.1) is 6.92 Å². The molecule has 1 fully saturated rings. The molecule has 8 nitrogen and oxygen atoms in total. The zero-order valence-corrected chi connectivity index (χ0v) is 17.9. The molecular formula is C21H25N3O5S. The Morgan fingerprint density at radius 2 is 1.67 bits per heavy atom. The average Bonchev–Trinajstić information content (AvgIpc) is 2.88. The summed E-state index contributed by atoms with van der Waals surface area (Å²) < 4.78 is 27.9. The first kappa shape index (κ1) is 21.8. The summed E-state index contributed by atoms with van der Waals surface area (Å²) in [5.41, 5.74) is -0.121. The van der Waals surface area contributed by atoms with Crippen LogP contribution in [-0.2, 0) is 14.8 Å². The number of carbonyl (C=O) groups excluding carboxylic acids is 2. The minimum Gasteiger partial charge on any atom is -0.389 e. The highest BCUT2D eigenvalue weighted by Gasteiger charge is 2.45. The van der Waals surface area contributed by atoms with Gasteiger partial charge in [-0.25, -0.2) is 13.2 Å². The third-order valence-electron chi connectivity index (χ3n) is 4.92. The topological polar surface area (TPSA) is 107 Å². The second-order valence-corrected chi connectivity index (χ2v) is 9.59. The lowest BCUT2D eigenvalue weighted by Gasteiger charge is -2.28. The van der Waals surface area contributed by atoms with Gasteiger partial charge in [0.25, 0.3) is 15.9 Å². The number of rotatable bonds is 7. The molecule has 0 bridgehead atoms. The fourth-order valence-corrected chi connectivity index (χ4v) is 5.08. The molecule has 2 N–H and O–H groups in total.